The highest BCUT2D eigenvalue weighted by atomic mass is 35.5. The van der Waals surface area contributed by atoms with Crippen LogP contribution in [0.25, 0.3) is 22.9 Å². The lowest BCUT2D eigenvalue weighted by molar-refractivity contribution is -0.123. The molecule has 0 radical (unpaired) electrons. The lowest BCUT2D eigenvalue weighted by Crippen LogP contribution is -2.27. The molecule has 180 valence electrons. The standard InChI is InChI=1S/C29H22Cl2N2O2S/c1-18-14-23(19(2)33(18)25-12-9-21(10-13-25)20-6-4-3-5-7-20)15-27-28(34)32(29(35)36-27)17-22-8-11-24(30)16-26(22)31/h3-16H,17H2,1-2H3/b27-15-. The third-order valence-electron chi connectivity index (χ3n) is 6.21. The Labute approximate surface area is 224 Å². The highest BCUT2D eigenvalue weighted by molar-refractivity contribution is 8.18. The topological polar surface area (TPSA) is 42.3 Å². The van der Waals surface area contributed by atoms with Gasteiger partial charge in [0, 0.05) is 27.1 Å². The van der Waals surface area contributed by atoms with Crippen LogP contribution in [0.4, 0.5) is 4.79 Å². The summed E-state index contributed by atoms with van der Waals surface area (Å²) in [6.07, 6.45) is 1.80. The van der Waals surface area contributed by atoms with E-state index in [0.717, 1.165) is 40.0 Å². The van der Waals surface area contributed by atoms with E-state index in [4.69, 9.17) is 23.2 Å². The summed E-state index contributed by atoms with van der Waals surface area (Å²) in [6.45, 7) is 4.15. The fourth-order valence-corrected chi connectivity index (χ4v) is 5.66. The summed E-state index contributed by atoms with van der Waals surface area (Å²) < 4.78 is 2.15. The number of carbonyl (C=O) groups excluding carboxylic acids is 2. The number of benzene rings is 3. The average Bonchev–Trinajstić information content (AvgIpc) is 3.30. The van der Waals surface area contributed by atoms with Gasteiger partial charge in [-0.15, -0.1) is 0 Å². The van der Waals surface area contributed by atoms with Crippen molar-refractivity contribution in [3.8, 4) is 16.8 Å². The molecule has 7 heteroatoms. The van der Waals surface area contributed by atoms with Crippen LogP contribution in [-0.2, 0) is 11.3 Å². The number of aryl methyl sites for hydroxylation is 1. The Morgan fingerprint density at radius 2 is 1.56 bits per heavy atom. The van der Waals surface area contributed by atoms with Crippen molar-refractivity contribution in [2.45, 2.75) is 20.4 Å². The first kappa shape index (κ1) is 24.4. The number of amides is 2. The Hall–Kier alpha value is -3.25. The molecule has 2 heterocycles. The Morgan fingerprint density at radius 3 is 2.25 bits per heavy atom. The molecular formula is C29H22Cl2N2O2S. The average molecular weight is 533 g/mol. The van der Waals surface area contributed by atoms with Gasteiger partial charge in [-0.2, -0.15) is 0 Å². The van der Waals surface area contributed by atoms with Crippen LogP contribution in [0.3, 0.4) is 0 Å². The molecule has 1 aliphatic rings. The summed E-state index contributed by atoms with van der Waals surface area (Å²) in [5, 5.41) is 0.609. The van der Waals surface area contributed by atoms with Gasteiger partial charge in [0.25, 0.3) is 11.1 Å². The van der Waals surface area contributed by atoms with Gasteiger partial charge in [0.1, 0.15) is 0 Å². The maximum atomic E-state index is 13.1. The maximum Gasteiger partial charge on any atom is 0.293 e. The van der Waals surface area contributed by atoms with Crippen LogP contribution in [0, 0.1) is 13.8 Å². The van der Waals surface area contributed by atoms with E-state index in [-0.39, 0.29) is 17.7 Å². The summed E-state index contributed by atoms with van der Waals surface area (Å²) >= 11 is 13.2. The molecule has 1 saturated heterocycles. The smallest absolute Gasteiger partial charge is 0.293 e. The molecule has 0 saturated carbocycles. The van der Waals surface area contributed by atoms with E-state index in [0.29, 0.717) is 20.5 Å². The summed E-state index contributed by atoms with van der Waals surface area (Å²) in [4.78, 5) is 27.3. The Morgan fingerprint density at radius 1 is 0.861 bits per heavy atom. The molecule has 0 bridgehead atoms. The SMILES string of the molecule is Cc1cc(/C=C2\SC(=O)N(Cc3ccc(Cl)cc3Cl)C2=O)c(C)n1-c1ccc(-c2ccccc2)cc1. The molecule has 0 unspecified atom stereocenters. The van der Waals surface area contributed by atoms with Crippen LogP contribution in [-0.4, -0.2) is 20.6 Å². The van der Waals surface area contributed by atoms with E-state index in [2.05, 4.69) is 41.0 Å². The number of hydrogen-bond donors (Lipinski definition) is 0. The number of imide groups is 1. The minimum Gasteiger partial charge on any atom is -0.318 e. The normalized spacial score (nSPS) is 14.8. The molecule has 4 aromatic rings. The van der Waals surface area contributed by atoms with Crippen molar-refractivity contribution in [2.75, 3.05) is 0 Å². The molecule has 5 rings (SSSR count). The number of nitrogens with zero attached hydrogens (tertiary/aromatic N) is 2. The Balaban J connectivity index is 1.40. The van der Waals surface area contributed by atoms with Gasteiger partial charge in [0.15, 0.2) is 0 Å². The second kappa shape index (κ2) is 10.0. The zero-order valence-corrected chi connectivity index (χ0v) is 22.0. The van der Waals surface area contributed by atoms with Crippen molar-refractivity contribution in [1.82, 2.24) is 9.47 Å². The number of carbonyl (C=O) groups is 2. The maximum absolute atomic E-state index is 13.1. The quantitative estimate of drug-likeness (QED) is 0.242. The number of thioether (sulfide) groups is 1. The van der Waals surface area contributed by atoms with Gasteiger partial charge in [0.05, 0.1) is 11.4 Å². The number of rotatable bonds is 5. The molecule has 0 atom stereocenters. The molecule has 4 nitrogen and oxygen atoms in total. The summed E-state index contributed by atoms with van der Waals surface area (Å²) in [7, 11) is 0. The monoisotopic (exact) mass is 532 g/mol. The molecule has 0 aliphatic carbocycles. The summed E-state index contributed by atoms with van der Waals surface area (Å²) in [6, 6.07) is 25.7. The van der Waals surface area contributed by atoms with Gasteiger partial charge in [-0.25, -0.2) is 0 Å². The van der Waals surface area contributed by atoms with Crippen molar-refractivity contribution >= 4 is 52.2 Å². The van der Waals surface area contributed by atoms with Crippen LogP contribution < -0.4 is 0 Å². The zero-order chi connectivity index (χ0) is 25.4. The Kier molecular flexibility index (Phi) is 6.80. The van der Waals surface area contributed by atoms with Crippen molar-refractivity contribution in [3.05, 3.63) is 116 Å². The zero-order valence-electron chi connectivity index (χ0n) is 19.7. The van der Waals surface area contributed by atoms with E-state index in [1.165, 1.54) is 10.5 Å². The second-order valence-electron chi connectivity index (χ2n) is 8.58. The van der Waals surface area contributed by atoms with E-state index in [9.17, 15) is 9.59 Å². The molecule has 2 amide bonds. The van der Waals surface area contributed by atoms with Crippen LogP contribution in [0.15, 0.2) is 83.8 Å². The molecule has 1 fully saturated rings. The predicted molar refractivity (Wildman–Crippen MR) is 149 cm³/mol. The van der Waals surface area contributed by atoms with Gasteiger partial charge in [-0.3, -0.25) is 14.5 Å². The third-order valence-corrected chi connectivity index (χ3v) is 7.70. The van der Waals surface area contributed by atoms with Crippen molar-refractivity contribution < 1.29 is 9.59 Å². The van der Waals surface area contributed by atoms with Gasteiger partial charge in [-0.05, 0) is 84.3 Å². The first-order chi connectivity index (χ1) is 17.3. The highest BCUT2D eigenvalue weighted by Crippen LogP contribution is 2.36. The highest BCUT2D eigenvalue weighted by Gasteiger charge is 2.35. The number of hydrogen-bond acceptors (Lipinski definition) is 3. The molecule has 1 aliphatic heterocycles. The predicted octanol–water partition coefficient (Wildman–Crippen LogP) is 8.30. The van der Waals surface area contributed by atoms with Gasteiger partial charge in [0.2, 0.25) is 0 Å². The lowest BCUT2D eigenvalue weighted by Gasteiger charge is -2.13. The molecule has 36 heavy (non-hydrogen) atoms. The van der Waals surface area contributed by atoms with Crippen LogP contribution >= 0.6 is 35.0 Å². The first-order valence-corrected chi connectivity index (χ1v) is 12.9. The minimum atomic E-state index is -0.326. The molecule has 1 aromatic heterocycles. The molecular weight excluding hydrogens is 511 g/mol. The lowest BCUT2D eigenvalue weighted by atomic mass is 10.1. The van der Waals surface area contributed by atoms with E-state index >= 15 is 0 Å². The number of halogens is 2. The Bertz CT molecular complexity index is 1510. The van der Waals surface area contributed by atoms with Crippen LogP contribution in [0.2, 0.25) is 10.0 Å². The first-order valence-electron chi connectivity index (χ1n) is 11.4. The van der Waals surface area contributed by atoms with Crippen molar-refractivity contribution in [1.29, 1.82) is 0 Å². The minimum absolute atomic E-state index is 0.102. The second-order valence-corrected chi connectivity index (χ2v) is 10.4. The molecule has 0 N–H and O–H groups in total. The van der Waals surface area contributed by atoms with E-state index in [1.807, 2.05) is 38.1 Å². The van der Waals surface area contributed by atoms with Crippen molar-refractivity contribution in [2.24, 2.45) is 0 Å². The van der Waals surface area contributed by atoms with Crippen LogP contribution in [0.1, 0.15) is 22.5 Å². The molecule has 3 aromatic carbocycles. The van der Waals surface area contributed by atoms with Gasteiger partial charge < -0.3 is 4.57 Å². The third kappa shape index (κ3) is 4.74. The largest absolute Gasteiger partial charge is 0.318 e. The van der Waals surface area contributed by atoms with Crippen LogP contribution in [0.5, 0.6) is 0 Å². The summed E-state index contributed by atoms with van der Waals surface area (Å²) in [5.74, 6) is -0.326. The molecule has 0 spiro atoms. The van der Waals surface area contributed by atoms with Gasteiger partial charge in [-0.1, -0.05) is 71.7 Å². The summed E-state index contributed by atoms with van der Waals surface area (Å²) in [5.41, 5.74) is 6.95. The fourth-order valence-electron chi connectivity index (χ4n) is 4.36. The van der Waals surface area contributed by atoms with E-state index in [1.54, 1.807) is 24.3 Å². The van der Waals surface area contributed by atoms with Crippen molar-refractivity contribution in [3.63, 3.8) is 0 Å². The number of aromatic nitrogens is 1. The van der Waals surface area contributed by atoms with E-state index < -0.39 is 0 Å². The fraction of sp³-hybridized carbons (Fsp3) is 0.103. The van der Waals surface area contributed by atoms with Gasteiger partial charge >= 0.3 is 0 Å².